The second-order valence-corrected chi connectivity index (χ2v) is 9.73. The maximum atomic E-state index is 12.9. The average Bonchev–Trinajstić information content (AvgIpc) is 3.07. The lowest BCUT2D eigenvalue weighted by molar-refractivity contribution is -0.123. The Morgan fingerprint density at radius 1 is 1.00 bits per heavy atom. The second-order valence-electron chi connectivity index (χ2n) is 7.42. The number of hydrogen-bond acceptors (Lipinski definition) is 5. The fraction of sp³-hybridized carbons (Fsp3) is 0.154. The molecule has 0 bridgehead atoms. The molecule has 0 spiro atoms. The van der Waals surface area contributed by atoms with Crippen LogP contribution in [0.5, 0.6) is 11.5 Å². The molecule has 2 amide bonds. The molecule has 0 unspecified atom stereocenters. The topological polar surface area (TPSA) is 55.8 Å². The molecule has 5 nitrogen and oxygen atoms in total. The SMILES string of the molecule is CCOc1cc(/C=C2/SC(=O)N(Cc3cccc(Br)c3)C2=O)ccc1OCc1ccccc1Cl. The molecule has 1 fully saturated rings. The zero-order chi connectivity index (χ0) is 24.1. The zero-order valence-corrected chi connectivity index (χ0v) is 21.5. The van der Waals surface area contributed by atoms with Crippen LogP contribution in [-0.2, 0) is 17.9 Å². The van der Waals surface area contributed by atoms with Gasteiger partial charge in [-0.1, -0.05) is 63.9 Å². The number of benzene rings is 3. The first-order chi connectivity index (χ1) is 16.4. The number of amides is 2. The standard InChI is InChI=1S/C26H21BrClNO4S/c1-2-32-23-13-17(10-11-22(23)33-16-19-7-3-4-9-21(19)28)14-24-25(30)29(26(31)34-24)15-18-6-5-8-20(27)12-18/h3-14H,2,15-16H2,1H3/b24-14+. The van der Waals surface area contributed by atoms with Gasteiger partial charge in [-0.3, -0.25) is 14.5 Å². The minimum absolute atomic E-state index is 0.223. The highest BCUT2D eigenvalue weighted by Crippen LogP contribution is 2.36. The summed E-state index contributed by atoms with van der Waals surface area (Å²) in [7, 11) is 0. The van der Waals surface area contributed by atoms with Gasteiger partial charge in [0.2, 0.25) is 0 Å². The van der Waals surface area contributed by atoms with Crippen molar-refractivity contribution in [3.8, 4) is 11.5 Å². The Morgan fingerprint density at radius 3 is 2.59 bits per heavy atom. The predicted octanol–water partition coefficient (Wildman–Crippen LogP) is 7.32. The summed E-state index contributed by atoms with van der Waals surface area (Å²) >= 11 is 10.6. The summed E-state index contributed by atoms with van der Waals surface area (Å²) < 4.78 is 12.6. The average molecular weight is 559 g/mol. The first-order valence-corrected chi connectivity index (χ1v) is 12.6. The summed E-state index contributed by atoms with van der Waals surface area (Å²) in [5.74, 6) is 0.810. The number of nitrogens with zero attached hydrogens (tertiary/aromatic N) is 1. The number of carbonyl (C=O) groups excluding carboxylic acids is 2. The molecule has 0 N–H and O–H groups in total. The Morgan fingerprint density at radius 2 is 1.82 bits per heavy atom. The summed E-state index contributed by atoms with van der Waals surface area (Å²) in [5.41, 5.74) is 2.48. The predicted molar refractivity (Wildman–Crippen MR) is 139 cm³/mol. The molecule has 1 saturated heterocycles. The number of rotatable bonds is 8. The number of halogens is 2. The number of hydrogen-bond donors (Lipinski definition) is 0. The molecule has 3 aromatic carbocycles. The summed E-state index contributed by atoms with van der Waals surface area (Å²) in [5, 5.41) is 0.344. The lowest BCUT2D eigenvalue weighted by Gasteiger charge is -2.14. The first-order valence-electron chi connectivity index (χ1n) is 10.6. The van der Waals surface area contributed by atoms with Crippen molar-refractivity contribution in [2.45, 2.75) is 20.1 Å². The number of imide groups is 1. The van der Waals surface area contributed by atoms with Crippen LogP contribution in [0.25, 0.3) is 6.08 Å². The van der Waals surface area contributed by atoms with E-state index in [-0.39, 0.29) is 17.7 Å². The van der Waals surface area contributed by atoms with Gasteiger partial charge in [0.05, 0.1) is 18.1 Å². The normalized spacial score (nSPS) is 14.7. The highest BCUT2D eigenvalue weighted by atomic mass is 79.9. The van der Waals surface area contributed by atoms with Crippen molar-refractivity contribution in [2.75, 3.05) is 6.61 Å². The Bertz CT molecular complexity index is 1260. The fourth-order valence-electron chi connectivity index (χ4n) is 3.38. The molecule has 1 heterocycles. The smallest absolute Gasteiger partial charge is 0.293 e. The molecule has 1 aliphatic rings. The van der Waals surface area contributed by atoms with Crippen LogP contribution in [0.1, 0.15) is 23.6 Å². The summed E-state index contributed by atoms with van der Waals surface area (Å²) in [4.78, 5) is 27.0. The van der Waals surface area contributed by atoms with Crippen LogP contribution >= 0.6 is 39.3 Å². The monoisotopic (exact) mass is 557 g/mol. The first kappa shape index (κ1) is 24.4. The van der Waals surface area contributed by atoms with Gasteiger partial charge in [0.25, 0.3) is 11.1 Å². The van der Waals surface area contributed by atoms with Crippen molar-refractivity contribution in [1.82, 2.24) is 4.90 Å². The molecule has 0 aliphatic carbocycles. The quantitative estimate of drug-likeness (QED) is 0.271. The Kier molecular flexibility index (Phi) is 7.98. The van der Waals surface area contributed by atoms with Crippen LogP contribution in [0.2, 0.25) is 5.02 Å². The van der Waals surface area contributed by atoms with Gasteiger partial charge in [0.15, 0.2) is 11.5 Å². The van der Waals surface area contributed by atoms with Gasteiger partial charge < -0.3 is 9.47 Å². The van der Waals surface area contributed by atoms with E-state index in [4.69, 9.17) is 21.1 Å². The number of thioether (sulfide) groups is 1. The Balaban J connectivity index is 1.51. The Labute approximate surface area is 215 Å². The van der Waals surface area contributed by atoms with Gasteiger partial charge in [0.1, 0.15) is 6.61 Å². The van der Waals surface area contributed by atoms with Gasteiger partial charge in [-0.15, -0.1) is 0 Å². The lowest BCUT2D eigenvalue weighted by atomic mass is 10.1. The minimum Gasteiger partial charge on any atom is -0.490 e. The molecular weight excluding hydrogens is 538 g/mol. The van der Waals surface area contributed by atoms with E-state index in [1.54, 1.807) is 18.2 Å². The summed E-state index contributed by atoms with van der Waals surface area (Å²) in [6.07, 6.45) is 1.70. The van der Waals surface area contributed by atoms with Gasteiger partial charge in [0, 0.05) is 15.1 Å². The fourth-order valence-corrected chi connectivity index (χ4v) is 4.85. The third-order valence-electron chi connectivity index (χ3n) is 5.01. The number of carbonyl (C=O) groups is 2. The molecule has 3 aromatic rings. The van der Waals surface area contributed by atoms with Crippen molar-refractivity contribution in [3.05, 3.63) is 97.8 Å². The van der Waals surface area contributed by atoms with E-state index in [1.807, 2.05) is 61.5 Å². The van der Waals surface area contributed by atoms with Crippen LogP contribution in [-0.4, -0.2) is 22.7 Å². The van der Waals surface area contributed by atoms with E-state index >= 15 is 0 Å². The molecule has 34 heavy (non-hydrogen) atoms. The van der Waals surface area contributed by atoms with E-state index in [2.05, 4.69) is 15.9 Å². The molecular formula is C26H21BrClNO4S. The van der Waals surface area contributed by atoms with Gasteiger partial charge in [-0.05, 0) is 66.2 Å². The molecule has 0 aromatic heterocycles. The van der Waals surface area contributed by atoms with Crippen LogP contribution < -0.4 is 9.47 Å². The largest absolute Gasteiger partial charge is 0.490 e. The van der Waals surface area contributed by atoms with Crippen molar-refractivity contribution in [3.63, 3.8) is 0 Å². The second kappa shape index (κ2) is 11.1. The maximum absolute atomic E-state index is 12.9. The number of ether oxygens (including phenoxy) is 2. The molecule has 0 saturated carbocycles. The third-order valence-corrected chi connectivity index (χ3v) is 6.78. The summed E-state index contributed by atoms with van der Waals surface area (Å²) in [6, 6.07) is 20.5. The zero-order valence-electron chi connectivity index (χ0n) is 18.3. The molecule has 8 heteroatoms. The maximum Gasteiger partial charge on any atom is 0.293 e. The van der Waals surface area contributed by atoms with E-state index in [0.29, 0.717) is 34.6 Å². The van der Waals surface area contributed by atoms with Crippen LogP contribution in [0.3, 0.4) is 0 Å². The minimum atomic E-state index is -0.313. The van der Waals surface area contributed by atoms with Crippen molar-refractivity contribution in [2.24, 2.45) is 0 Å². The van der Waals surface area contributed by atoms with Gasteiger partial charge in [-0.25, -0.2) is 0 Å². The molecule has 0 radical (unpaired) electrons. The molecule has 0 atom stereocenters. The van der Waals surface area contributed by atoms with Crippen molar-refractivity contribution in [1.29, 1.82) is 0 Å². The van der Waals surface area contributed by atoms with E-state index in [9.17, 15) is 9.59 Å². The van der Waals surface area contributed by atoms with Crippen LogP contribution in [0, 0.1) is 0 Å². The highest BCUT2D eigenvalue weighted by molar-refractivity contribution is 9.10. The summed E-state index contributed by atoms with van der Waals surface area (Å²) in [6.45, 7) is 2.86. The van der Waals surface area contributed by atoms with Crippen LogP contribution in [0.4, 0.5) is 4.79 Å². The van der Waals surface area contributed by atoms with Gasteiger partial charge in [-0.2, -0.15) is 0 Å². The van der Waals surface area contributed by atoms with Crippen LogP contribution in [0.15, 0.2) is 76.1 Å². The van der Waals surface area contributed by atoms with Gasteiger partial charge >= 0.3 is 0 Å². The van der Waals surface area contributed by atoms with E-state index < -0.39 is 0 Å². The Hall–Kier alpha value is -2.74. The van der Waals surface area contributed by atoms with Crippen molar-refractivity contribution < 1.29 is 19.1 Å². The molecule has 174 valence electrons. The molecule has 4 rings (SSSR count). The lowest BCUT2D eigenvalue weighted by Crippen LogP contribution is -2.27. The van der Waals surface area contributed by atoms with E-state index in [0.717, 1.165) is 32.9 Å². The third kappa shape index (κ3) is 5.84. The van der Waals surface area contributed by atoms with Crippen molar-refractivity contribution >= 4 is 56.5 Å². The molecule has 1 aliphatic heterocycles. The van der Waals surface area contributed by atoms with E-state index in [1.165, 1.54) is 4.90 Å². The highest BCUT2D eigenvalue weighted by Gasteiger charge is 2.35.